The van der Waals surface area contributed by atoms with E-state index in [-0.39, 0.29) is 11.8 Å². The van der Waals surface area contributed by atoms with Gasteiger partial charge in [-0.05, 0) is 50.1 Å². The molecule has 1 unspecified atom stereocenters. The molecule has 1 aliphatic rings. The molecular formula is C26H32N4O4. The number of benzene rings is 2. The number of hydrogen-bond acceptors (Lipinski definition) is 7. The van der Waals surface area contributed by atoms with Crippen molar-refractivity contribution in [1.82, 2.24) is 19.9 Å². The minimum absolute atomic E-state index is 0.0574. The number of ether oxygens (including phenoxy) is 2. The van der Waals surface area contributed by atoms with Gasteiger partial charge in [0, 0.05) is 25.7 Å². The molecule has 1 amide bonds. The molecule has 0 saturated carbocycles. The maximum Gasteiger partial charge on any atom is 0.241 e. The third-order valence-electron chi connectivity index (χ3n) is 6.20. The van der Waals surface area contributed by atoms with E-state index in [0.29, 0.717) is 42.8 Å². The molecule has 1 atom stereocenters. The number of nitrogens with zero attached hydrogens (tertiary/aromatic N) is 4. The van der Waals surface area contributed by atoms with Crippen LogP contribution in [0.5, 0.6) is 11.5 Å². The van der Waals surface area contributed by atoms with Crippen LogP contribution in [0.3, 0.4) is 0 Å². The minimum Gasteiger partial charge on any atom is -0.493 e. The van der Waals surface area contributed by atoms with Gasteiger partial charge in [-0.2, -0.15) is 4.98 Å². The molecule has 0 spiro atoms. The second-order valence-electron chi connectivity index (χ2n) is 8.84. The molecule has 0 radical (unpaired) electrons. The Morgan fingerprint density at radius 3 is 2.76 bits per heavy atom. The fourth-order valence-corrected chi connectivity index (χ4v) is 4.45. The van der Waals surface area contributed by atoms with Crippen LogP contribution in [0.1, 0.15) is 29.9 Å². The number of likely N-dealkylation sites (tertiary alicyclic amines) is 1. The Morgan fingerprint density at radius 1 is 1.18 bits per heavy atom. The van der Waals surface area contributed by atoms with Gasteiger partial charge in [0.25, 0.3) is 0 Å². The molecule has 8 heteroatoms. The first-order valence-electron chi connectivity index (χ1n) is 11.5. The summed E-state index contributed by atoms with van der Waals surface area (Å²) in [6.45, 7) is 4.68. The number of carbonyl (C=O) groups excluding carboxylic acids is 1. The van der Waals surface area contributed by atoms with Gasteiger partial charge in [0.1, 0.15) is 0 Å². The van der Waals surface area contributed by atoms with Gasteiger partial charge in [-0.3, -0.25) is 9.69 Å². The highest BCUT2D eigenvalue weighted by Crippen LogP contribution is 2.28. The van der Waals surface area contributed by atoms with Gasteiger partial charge in [0.05, 0.1) is 26.7 Å². The van der Waals surface area contributed by atoms with Crippen LogP contribution in [-0.2, 0) is 17.9 Å². The highest BCUT2D eigenvalue weighted by atomic mass is 16.5. The van der Waals surface area contributed by atoms with Crippen LogP contribution >= 0.6 is 0 Å². The van der Waals surface area contributed by atoms with Crippen LogP contribution in [-0.4, -0.2) is 60.2 Å². The summed E-state index contributed by atoms with van der Waals surface area (Å²) in [6, 6.07) is 13.8. The van der Waals surface area contributed by atoms with Crippen molar-refractivity contribution in [2.24, 2.45) is 5.92 Å². The molecule has 2 aromatic carbocycles. The molecular weight excluding hydrogens is 432 g/mol. The zero-order chi connectivity index (χ0) is 24.1. The molecule has 0 aliphatic carbocycles. The molecule has 1 saturated heterocycles. The highest BCUT2D eigenvalue weighted by Gasteiger charge is 2.29. The number of methoxy groups -OCH3 is 2. The molecule has 3 aromatic rings. The number of aromatic nitrogens is 2. The Morgan fingerprint density at radius 2 is 2.00 bits per heavy atom. The second-order valence-corrected chi connectivity index (χ2v) is 8.84. The quantitative estimate of drug-likeness (QED) is 0.500. The molecule has 8 nitrogen and oxygen atoms in total. The maximum absolute atomic E-state index is 13.2. The summed E-state index contributed by atoms with van der Waals surface area (Å²) in [5.41, 5.74) is 3.09. The number of hydrogen-bond donors (Lipinski definition) is 0. The molecule has 180 valence electrons. The highest BCUT2D eigenvalue weighted by molar-refractivity contribution is 5.79. The van der Waals surface area contributed by atoms with E-state index in [2.05, 4.69) is 15.0 Å². The third-order valence-corrected chi connectivity index (χ3v) is 6.20. The van der Waals surface area contributed by atoms with E-state index in [1.165, 1.54) is 0 Å². The Hall–Kier alpha value is -3.39. The van der Waals surface area contributed by atoms with Crippen LogP contribution in [0.25, 0.3) is 11.4 Å². The lowest BCUT2D eigenvalue weighted by atomic mass is 9.96. The van der Waals surface area contributed by atoms with Crippen LogP contribution in [0.4, 0.5) is 0 Å². The summed E-state index contributed by atoms with van der Waals surface area (Å²) in [5.74, 6) is 2.59. The number of aryl methyl sites for hydroxylation is 1. The summed E-state index contributed by atoms with van der Waals surface area (Å²) < 4.78 is 16.2. The summed E-state index contributed by atoms with van der Waals surface area (Å²) in [5, 5.41) is 4.14. The van der Waals surface area contributed by atoms with Gasteiger partial charge in [-0.1, -0.05) is 35.0 Å². The van der Waals surface area contributed by atoms with E-state index < -0.39 is 0 Å². The Balaban J connectivity index is 1.35. The average Bonchev–Trinajstić information content (AvgIpc) is 3.32. The molecule has 0 N–H and O–H groups in total. The Kier molecular flexibility index (Phi) is 7.47. The lowest BCUT2D eigenvalue weighted by Gasteiger charge is -2.33. The normalized spacial score (nSPS) is 16.3. The van der Waals surface area contributed by atoms with Crippen molar-refractivity contribution in [3.05, 3.63) is 59.5 Å². The van der Waals surface area contributed by atoms with Crippen molar-refractivity contribution in [1.29, 1.82) is 0 Å². The van der Waals surface area contributed by atoms with Gasteiger partial charge >= 0.3 is 0 Å². The molecule has 1 aliphatic heterocycles. The van der Waals surface area contributed by atoms with E-state index >= 15 is 0 Å². The van der Waals surface area contributed by atoms with Crippen molar-refractivity contribution in [3.8, 4) is 22.9 Å². The zero-order valence-corrected chi connectivity index (χ0v) is 20.3. The van der Waals surface area contributed by atoms with Crippen molar-refractivity contribution >= 4 is 5.91 Å². The summed E-state index contributed by atoms with van der Waals surface area (Å²) in [6.07, 6.45) is 1.84. The number of rotatable bonds is 8. The Labute approximate surface area is 200 Å². The fraction of sp³-hybridized carbons (Fsp3) is 0.423. The number of carbonyl (C=O) groups is 1. The van der Waals surface area contributed by atoms with Crippen molar-refractivity contribution in [3.63, 3.8) is 0 Å². The van der Waals surface area contributed by atoms with E-state index in [4.69, 9.17) is 14.0 Å². The smallest absolute Gasteiger partial charge is 0.241 e. The van der Waals surface area contributed by atoms with Crippen molar-refractivity contribution in [2.75, 3.05) is 34.4 Å². The van der Waals surface area contributed by atoms with Gasteiger partial charge in [0.2, 0.25) is 17.6 Å². The van der Waals surface area contributed by atoms with Crippen LogP contribution < -0.4 is 9.47 Å². The molecule has 34 heavy (non-hydrogen) atoms. The monoisotopic (exact) mass is 464 g/mol. The van der Waals surface area contributed by atoms with Gasteiger partial charge in [-0.15, -0.1) is 0 Å². The molecule has 1 aromatic heterocycles. The van der Waals surface area contributed by atoms with E-state index in [0.717, 1.165) is 36.1 Å². The number of amides is 1. The van der Waals surface area contributed by atoms with E-state index in [1.54, 1.807) is 19.1 Å². The summed E-state index contributed by atoms with van der Waals surface area (Å²) in [7, 11) is 5.07. The zero-order valence-electron chi connectivity index (χ0n) is 20.3. The second kappa shape index (κ2) is 10.7. The lowest BCUT2D eigenvalue weighted by Crippen LogP contribution is -2.43. The van der Waals surface area contributed by atoms with Crippen molar-refractivity contribution in [2.45, 2.75) is 32.9 Å². The summed E-state index contributed by atoms with van der Waals surface area (Å²) in [4.78, 5) is 21.8. The first-order valence-corrected chi connectivity index (χ1v) is 11.5. The fourth-order valence-electron chi connectivity index (χ4n) is 4.45. The van der Waals surface area contributed by atoms with Crippen LogP contribution in [0.15, 0.2) is 47.0 Å². The largest absolute Gasteiger partial charge is 0.493 e. The average molecular weight is 465 g/mol. The van der Waals surface area contributed by atoms with E-state index in [9.17, 15) is 4.79 Å². The van der Waals surface area contributed by atoms with Crippen LogP contribution in [0, 0.1) is 12.8 Å². The standard InChI is InChI=1S/C26H32N4O4/c1-18-7-5-8-20(13-18)25-27-24(34-28-25)17-30-12-6-9-21(16-30)26(31)29(2)15-19-10-11-22(32-3)23(14-19)33-4/h5,7-8,10-11,13-14,21H,6,9,12,15-17H2,1-4H3. The minimum atomic E-state index is -0.0574. The molecule has 2 heterocycles. The van der Waals surface area contributed by atoms with Crippen molar-refractivity contribution < 1.29 is 18.8 Å². The predicted molar refractivity (Wildman–Crippen MR) is 128 cm³/mol. The summed E-state index contributed by atoms with van der Waals surface area (Å²) >= 11 is 0. The van der Waals surface area contributed by atoms with Gasteiger partial charge in [-0.25, -0.2) is 0 Å². The lowest BCUT2D eigenvalue weighted by molar-refractivity contribution is -0.136. The molecule has 4 rings (SSSR count). The first kappa shape index (κ1) is 23.8. The topological polar surface area (TPSA) is 80.9 Å². The van der Waals surface area contributed by atoms with Gasteiger partial charge in [0.15, 0.2) is 11.5 Å². The van der Waals surface area contributed by atoms with Gasteiger partial charge < -0.3 is 18.9 Å². The van der Waals surface area contributed by atoms with E-state index in [1.807, 2.05) is 56.4 Å². The number of piperidine rings is 1. The maximum atomic E-state index is 13.2. The molecule has 0 bridgehead atoms. The Bertz CT molecular complexity index is 1130. The third kappa shape index (κ3) is 5.56. The SMILES string of the molecule is COc1ccc(CN(C)C(=O)C2CCCN(Cc3nc(-c4cccc(C)c4)no3)C2)cc1OC. The first-order chi connectivity index (χ1) is 16.5. The molecule has 1 fully saturated rings. The predicted octanol–water partition coefficient (Wildman–Crippen LogP) is 3.93. The van der Waals surface area contributed by atoms with Crippen LogP contribution in [0.2, 0.25) is 0 Å².